The fourth-order valence-corrected chi connectivity index (χ4v) is 1.72. The van der Waals surface area contributed by atoms with Gasteiger partial charge in [0.15, 0.2) is 6.61 Å². The highest BCUT2D eigenvalue weighted by Crippen LogP contribution is 2.01. The van der Waals surface area contributed by atoms with Gasteiger partial charge in [0.05, 0.1) is 5.75 Å². The van der Waals surface area contributed by atoms with Crippen LogP contribution in [0.5, 0.6) is 0 Å². The molecule has 0 rings (SSSR count). The molecule has 84 valence electrons. The Balaban J connectivity index is 3.79. The van der Waals surface area contributed by atoms with Crippen LogP contribution in [0.1, 0.15) is 20.3 Å². The first kappa shape index (κ1) is 13.3. The topological polar surface area (TPSA) is 92.7 Å². The molecule has 7 heteroatoms. The third kappa shape index (κ3) is 7.96. The molecule has 0 heterocycles. The Morgan fingerprint density at radius 1 is 1.50 bits per heavy atom. The van der Waals surface area contributed by atoms with E-state index in [1.807, 2.05) is 13.8 Å². The molecule has 0 saturated carbocycles. The Morgan fingerprint density at radius 2 is 2.07 bits per heavy atom. The van der Waals surface area contributed by atoms with Crippen LogP contribution in [0.25, 0.3) is 0 Å². The average molecular weight is 225 g/mol. The minimum atomic E-state index is -3.51. The van der Waals surface area contributed by atoms with Crippen LogP contribution in [0.3, 0.4) is 0 Å². The predicted molar refractivity (Wildman–Crippen MR) is 50.0 cm³/mol. The van der Waals surface area contributed by atoms with Crippen molar-refractivity contribution in [3.63, 3.8) is 0 Å². The highest BCUT2D eigenvalue weighted by atomic mass is 32.2. The van der Waals surface area contributed by atoms with Crippen LogP contribution < -0.4 is 4.89 Å². The number of aliphatic carboxylic acids is 1. The van der Waals surface area contributed by atoms with E-state index in [2.05, 4.69) is 4.84 Å². The van der Waals surface area contributed by atoms with Gasteiger partial charge in [-0.05, 0) is 12.3 Å². The van der Waals surface area contributed by atoms with Gasteiger partial charge in [-0.25, -0.2) is 13.2 Å². The minimum absolute atomic E-state index is 0.0652. The second-order valence-electron chi connectivity index (χ2n) is 3.27. The standard InChI is InChI=1S/C7H15NO5S/c1-6(2)3-4-14(11,12)8-13-5-7(9)10/h6,8H,3-5H2,1-2H3,(H,9,10). The molecule has 0 aliphatic heterocycles. The highest BCUT2D eigenvalue weighted by molar-refractivity contribution is 7.89. The van der Waals surface area contributed by atoms with Crippen LogP contribution in [0.15, 0.2) is 0 Å². The Morgan fingerprint density at radius 3 is 2.50 bits per heavy atom. The zero-order valence-electron chi connectivity index (χ0n) is 8.19. The van der Waals surface area contributed by atoms with Crippen LogP contribution >= 0.6 is 0 Å². The second-order valence-corrected chi connectivity index (χ2v) is 5.07. The molecule has 0 aliphatic carbocycles. The summed E-state index contributed by atoms with van der Waals surface area (Å²) in [5.74, 6) is -1.02. The van der Waals surface area contributed by atoms with Crippen molar-refractivity contribution in [1.82, 2.24) is 4.89 Å². The molecule has 0 aromatic carbocycles. The molecule has 0 aromatic rings. The van der Waals surface area contributed by atoms with Crippen LogP contribution in [-0.2, 0) is 19.7 Å². The van der Waals surface area contributed by atoms with Crippen molar-refractivity contribution in [3.05, 3.63) is 0 Å². The third-order valence-corrected chi connectivity index (χ3v) is 2.49. The van der Waals surface area contributed by atoms with Gasteiger partial charge in [-0.15, -0.1) is 0 Å². The van der Waals surface area contributed by atoms with E-state index in [9.17, 15) is 13.2 Å². The van der Waals surface area contributed by atoms with E-state index in [0.717, 1.165) is 0 Å². The lowest BCUT2D eigenvalue weighted by atomic mass is 10.2. The van der Waals surface area contributed by atoms with Crippen molar-refractivity contribution in [2.75, 3.05) is 12.4 Å². The zero-order valence-corrected chi connectivity index (χ0v) is 9.00. The van der Waals surface area contributed by atoms with Crippen molar-refractivity contribution >= 4 is 16.0 Å². The Bertz CT molecular complexity index is 272. The maximum Gasteiger partial charge on any atom is 0.331 e. The second kappa shape index (κ2) is 5.94. The van der Waals surface area contributed by atoms with Gasteiger partial charge in [0.25, 0.3) is 0 Å². The molecule has 0 aromatic heterocycles. The van der Waals surface area contributed by atoms with Gasteiger partial charge >= 0.3 is 5.97 Å². The van der Waals surface area contributed by atoms with Gasteiger partial charge in [0, 0.05) is 0 Å². The van der Waals surface area contributed by atoms with Gasteiger partial charge < -0.3 is 5.11 Å². The van der Waals surface area contributed by atoms with E-state index in [0.29, 0.717) is 6.42 Å². The number of carboxylic acid groups (broad SMARTS) is 1. The van der Waals surface area contributed by atoms with Crippen molar-refractivity contribution < 1.29 is 23.2 Å². The van der Waals surface area contributed by atoms with Crippen molar-refractivity contribution in [1.29, 1.82) is 0 Å². The lowest BCUT2D eigenvalue weighted by Crippen LogP contribution is -2.29. The number of carbonyl (C=O) groups is 1. The molecule has 0 saturated heterocycles. The molecule has 0 aliphatic rings. The largest absolute Gasteiger partial charge is 0.479 e. The molecule has 14 heavy (non-hydrogen) atoms. The zero-order chi connectivity index (χ0) is 11.2. The summed E-state index contributed by atoms with van der Waals surface area (Å²) < 4.78 is 22.2. The van der Waals surface area contributed by atoms with E-state index >= 15 is 0 Å². The number of sulfonamides is 1. The van der Waals surface area contributed by atoms with E-state index in [-0.39, 0.29) is 11.7 Å². The summed E-state index contributed by atoms with van der Waals surface area (Å²) in [7, 11) is -3.51. The van der Waals surface area contributed by atoms with Crippen molar-refractivity contribution in [3.8, 4) is 0 Å². The number of nitrogens with one attached hydrogen (secondary N) is 1. The van der Waals surface area contributed by atoms with Crippen LogP contribution in [0, 0.1) is 5.92 Å². The molecular formula is C7H15NO5S. The highest BCUT2D eigenvalue weighted by Gasteiger charge is 2.11. The van der Waals surface area contributed by atoms with Gasteiger partial charge in [-0.1, -0.05) is 18.7 Å². The maximum atomic E-state index is 11.1. The van der Waals surface area contributed by atoms with Gasteiger partial charge in [0.1, 0.15) is 0 Å². The maximum absolute atomic E-state index is 11.1. The predicted octanol–water partition coefficient (Wildman–Crippen LogP) is -0.0319. The molecule has 0 fully saturated rings. The molecular weight excluding hydrogens is 210 g/mol. The number of carboxylic acids is 1. The number of hydrogen-bond donors (Lipinski definition) is 2. The Kier molecular flexibility index (Phi) is 5.66. The van der Waals surface area contributed by atoms with Crippen LogP contribution in [0.2, 0.25) is 0 Å². The van der Waals surface area contributed by atoms with Gasteiger partial charge in [-0.3, -0.25) is 4.84 Å². The SMILES string of the molecule is CC(C)CCS(=O)(=O)NOCC(=O)O. The first-order valence-corrected chi connectivity index (χ1v) is 5.82. The quantitative estimate of drug-likeness (QED) is 0.593. The summed E-state index contributed by atoms with van der Waals surface area (Å²) in [5.41, 5.74) is 0. The monoisotopic (exact) mass is 225 g/mol. The van der Waals surface area contributed by atoms with E-state index in [1.54, 1.807) is 4.89 Å². The average Bonchev–Trinajstić information content (AvgIpc) is 2.00. The first-order chi connectivity index (χ1) is 6.33. The molecule has 0 unspecified atom stereocenters. The molecule has 0 spiro atoms. The van der Waals surface area contributed by atoms with Crippen molar-refractivity contribution in [2.45, 2.75) is 20.3 Å². The molecule has 0 bridgehead atoms. The molecule has 0 radical (unpaired) electrons. The molecule has 0 atom stereocenters. The molecule has 2 N–H and O–H groups in total. The van der Waals surface area contributed by atoms with Gasteiger partial charge in [0.2, 0.25) is 10.0 Å². The Labute approximate surface area is 83.3 Å². The van der Waals surface area contributed by atoms with E-state index in [1.165, 1.54) is 0 Å². The summed E-state index contributed by atoms with van der Waals surface area (Å²) in [6, 6.07) is 0. The smallest absolute Gasteiger partial charge is 0.331 e. The fraction of sp³-hybridized carbons (Fsp3) is 0.857. The summed E-state index contributed by atoms with van der Waals surface area (Å²) in [6.07, 6.45) is 0.506. The summed E-state index contributed by atoms with van der Waals surface area (Å²) in [6.45, 7) is 3.11. The van der Waals surface area contributed by atoms with Crippen molar-refractivity contribution in [2.24, 2.45) is 5.92 Å². The minimum Gasteiger partial charge on any atom is -0.479 e. The summed E-state index contributed by atoms with van der Waals surface area (Å²) in [4.78, 5) is 16.0. The van der Waals surface area contributed by atoms with E-state index < -0.39 is 22.6 Å². The first-order valence-electron chi connectivity index (χ1n) is 4.16. The van der Waals surface area contributed by atoms with E-state index in [4.69, 9.17) is 5.11 Å². The Hall–Kier alpha value is -0.660. The van der Waals surface area contributed by atoms with Crippen LogP contribution in [0.4, 0.5) is 0 Å². The fourth-order valence-electron chi connectivity index (χ4n) is 0.613. The van der Waals surface area contributed by atoms with Gasteiger partial charge in [-0.2, -0.15) is 0 Å². The molecule has 6 nitrogen and oxygen atoms in total. The summed E-state index contributed by atoms with van der Waals surface area (Å²) in [5, 5.41) is 8.17. The number of hydrogen-bond acceptors (Lipinski definition) is 4. The van der Waals surface area contributed by atoms with Crippen LogP contribution in [-0.4, -0.2) is 31.9 Å². The third-order valence-electron chi connectivity index (χ3n) is 1.35. The number of rotatable bonds is 7. The lowest BCUT2D eigenvalue weighted by Gasteiger charge is -2.06. The normalized spacial score (nSPS) is 11.9. The lowest BCUT2D eigenvalue weighted by molar-refractivity contribution is -0.143. The molecule has 0 amide bonds. The summed E-state index contributed by atoms with van der Waals surface area (Å²) >= 11 is 0.